The lowest BCUT2D eigenvalue weighted by Crippen LogP contribution is -2.46. The Kier molecular flexibility index (Phi) is 6.07. The number of hydrogen-bond donors (Lipinski definition) is 0. The Morgan fingerprint density at radius 3 is 2.12 bits per heavy atom. The normalized spacial score (nSPS) is 21.5. The van der Waals surface area contributed by atoms with E-state index in [9.17, 15) is 4.79 Å². The second-order valence-electron chi connectivity index (χ2n) is 9.83. The van der Waals surface area contributed by atoms with Crippen LogP contribution in [0, 0.1) is 0 Å². The smallest absolute Gasteiger partial charge is 0.242 e. The third-order valence-corrected chi connectivity index (χ3v) is 7.65. The van der Waals surface area contributed by atoms with Crippen molar-refractivity contribution in [2.45, 2.75) is 50.5 Å². The Bertz CT molecular complexity index is 1090. The molecule has 0 spiro atoms. The lowest BCUT2D eigenvalue weighted by Gasteiger charge is -2.36. The first-order chi connectivity index (χ1) is 16.1. The summed E-state index contributed by atoms with van der Waals surface area (Å²) >= 11 is 0. The van der Waals surface area contributed by atoms with Crippen LogP contribution in [0.2, 0.25) is 0 Å². The number of piperidine rings is 1. The minimum absolute atomic E-state index is 0.130. The van der Waals surface area contributed by atoms with Crippen molar-refractivity contribution in [2.24, 2.45) is 0 Å². The molecule has 170 valence electrons. The van der Waals surface area contributed by atoms with Crippen molar-refractivity contribution in [3.8, 4) is 0 Å². The zero-order valence-electron chi connectivity index (χ0n) is 19.8. The monoisotopic (exact) mass is 438 g/mol. The average Bonchev–Trinajstić information content (AvgIpc) is 3.12. The second kappa shape index (κ2) is 9.15. The standard InChI is InChI=1S/C30H34N2O/c1-23(2)32-28-16-10-9-15-27(28)30(29(32)33,26-13-7-4-8-14-26)19-22-31-20-17-25(18-21-31)24-11-5-3-6-12-24/h3-16,23,25H,17-22H2,1-2H3. The first-order valence-corrected chi connectivity index (χ1v) is 12.4. The molecule has 1 amide bonds. The van der Waals surface area contributed by atoms with Crippen molar-refractivity contribution in [1.82, 2.24) is 4.90 Å². The average molecular weight is 439 g/mol. The molecule has 0 aliphatic carbocycles. The first kappa shape index (κ1) is 21.9. The van der Waals surface area contributed by atoms with Gasteiger partial charge in [0.1, 0.15) is 5.41 Å². The van der Waals surface area contributed by atoms with Crippen LogP contribution in [-0.2, 0) is 10.2 Å². The van der Waals surface area contributed by atoms with Crippen LogP contribution in [0.3, 0.4) is 0 Å². The Labute approximate surface area is 198 Å². The quantitative estimate of drug-likeness (QED) is 0.471. The van der Waals surface area contributed by atoms with Crippen molar-refractivity contribution in [1.29, 1.82) is 0 Å². The molecular formula is C30H34N2O. The van der Waals surface area contributed by atoms with E-state index in [1.54, 1.807) is 0 Å². The first-order valence-electron chi connectivity index (χ1n) is 12.4. The van der Waals surface area contributed by atoms with Crippen molar-refractivity contribution < 1.29 is 4.79 Å². The molecule has 1 saturated heterocycles. The molecule has 33 heavy (non-hydrogen) atoms. The van der Waals surface area contributed by atoms with Crippen molar-refractivity contribution in [3.63, 3.8) is 0 Å². The van der Waals surface area contributed by atoms with Crippen molar-refractivity contribution in [3.05, 3.63) is 102 Å². The van der Waals surface area contributed by atoms with Crippen LogP contribution in [0.15, 0.2) is 84.9 Å². The van der Waals surface area contributed by atoms with E-state index in [1.165, 1.54) is 18.4 Å². The SMILES string of the molecule is CC(C)N1C(=O)C(CCN2CCC(c3ccccc3)CC2)(c2ccccc2)c2ccccc21. The Morgan fingerprint density at radius 2 is 1.45 bits per heavy atom. The van der Waals surface area contributed by atoms with Gasteiger partial charge in [-0.25, -0.2) is 0 Å². The maximum Gasteiger partial charge on any atom is 0.242 e. The van der Waals surface area contributed by atoms with E-state index < -0.39 is 5.41 Å². The zero-order valence-corrected chi connectivity index (χ0v) is 19.8. The molecular weight excluding hydrogens is 404 g/mol. The summed E-state index contributed by atoms with van der Waals surface area (Å²) in [7, 11) is 0. The number of nitrogens with zero attached hydrogens (tertiary/aromatic N) is 2. The number of hydrogen-bond acceptors (Lipinski definition) is 2. The van der Waals surface area contributed by atoms with Gasteiger partial charge in [0.25, 0.3) is 0 Å². The number of amides is 1. The predicted octanol–water partition coefficient (Wildman–Crippen LogP) is 6.00. The summed E-state index contributed by atoms with van der Waals surface area (Å²) in [6.45, 7) is 7.35. The molecule has 1 fully saturated rings. The third kappa shape index (κ3) is 3.89. The van der Waals surface area contributed by atoms with Crippen LogP contribution in [0.4, 0.5) is 5.69 Å². The molecule has 0 N–H and O–H groups in total. The molecule has 1 atom stereocenters. The highest BCUT2D eigenvalue weighted by molar-refractivity contribution is 6.10. The van der Waals surface area contributed by atoms with Gasteiger partial charge in [-0.2, -0.15) is 0 Å². The highest BCUT2D eigenvalue weighted by Crippen LogP contribution is 2.49. The summed E-state index contributed by atoms with van der Waals surface area (Å²) in [4.78, 5) is 18.7. The molecule has 3 heteroatoms. The van der Waals surface area contributed by atoms with Gasteiger partial charge in [0, 0.05) is 11.7 Å². The summed E-state index contributed by atoms with van der Waals surface area (Å²) in [6, 6.07) is 29.9. The predicted molar refractivity (Wildman–Crippen MR) is 136 cm³/mol. The molecule has 0 bridgehead atoms. The van der Waals surface area contributed by atoms with E-state index >= 15 is 0 Å². The number of benzene rings is 3. The molecule has 1 unspecified atom stereocenters. The molecule has 0 saturated carbocycles. The molecule has 0 radical (unpaired) electrons. The van der Waals surface area contributed by atoms with E-state index in [0.717, 1.165) is 42.9 Å². The van der Waals surface area contributed by atoms with Crippen LogP contribution < -0.4 is 4.90 Å². The maximum absolute atomic E-state index is 14.1. The van der Waals surface area contributed by atoms with E-state index in [-0.39, 0.29) is 11.9 Å². The van der Waals surface area contributed by atoms with Gasteiger partial charge in [0.2, 0.25) is 5.91 Å². The topological polar surface area (TPSA) is 23.6 Å². The van der Waals surface area contributed by atoms with Crippen LogP contribution >= 0.6 is 0 Å². The molecule has 3 aromatic rings. The highest BCUT2D eigenvalue weighted by Gasteiger charge is 2.52. The molecule has 2 heterocycles. The fourth-order valence-corrected chi connectivity index (χ4v) is 5.92. The lowest BCUT2D eigenvalue weighted by atomic mass is 9.72. The fraction of sp³-hybridized carbons (Fsp3) is 0.367. The Morgan fingerprint density at radius 1 is 0.848 bits per heavy atom. The van der Waals surface area contributed by atoms with Gasteiger partial charge in [-0.15, -0.1) is 0 Å². The zero-order chi connectivity index (χ0) is 22.8. The number of fused-ring (bicyclic) bond motifs is 1. The highest BCUT2D eigenvalue weighted by atomic mass is 16.2. The number of carbonyl (C=O) groups excluding carboxylic acids is 1. The van der Waals surface area contributed by atoms with E-state index in [0.29, 0.717) is 5.92 Å². The van der Waals surface area contributed by atoms with Gasteiger partial charge < -0.3 is 9.80 Å². The number of para-hydroxylation sites is 1. The van der Waals surface area contributed by atoms with Gasteiger partial charge in [-0.05, 0) is 81.4 Å². The lowest BCUT2D eigenvalue weighted by molar-refractivity contribution is -0.122. The number of likely N-dealkylation sites (tertiary alicyclic amines) is 1. The summed E-state index contributed by atoms with van der Waals surface area (Å²) in [5.41, 5.74) is 4.20. The minimum Gasteiger partial charge on any atom is -0.309 e. The Hall–Kier alpha value is -2.91. The molecule has 2 aliphatic heterocycles. The van der Waals surface area contributed by atoms with Gasteiger partial charge in [-0.1, -0.05) is 78.9 Å². The molecule has 3 nitrogen and oxygen atoms in total. The summed E-state index contributed by atoms with van der Waals surface area (Å²) in [5, 5.41) is 0. The third-order valence-electron chi connectivity index (χ3n) is 7.65. The van der Waals surface area contributed by atoms with Crippen LogP contribution in [0.5, 0.6) is 0 Å². The molecule has 2 aliphatic rings. The van der Waals surface area contributed by atoms with Gasteiger partial charge in [-0.3, -0.25) is 4.79 Å². The maximum atomic E-state index is 14.1. The van der Waals surface area contributed by atoms with Gasteiger partial charge in [0.15, 0.2) is 0 Å². The Balaban J connectivity index is 1.41. The van der Waals surface area contributed by atoms with E-state index in [1.807, 2.05) is 11.0 Å². The van der Waals surface area contributed by atoms with Crippen LogP contribution in [0.25, 0.3) is 0 Å². The minimum atomic E-state index is -0.613. The van der Waals surface area contributed by atoms with Gasteiger partial charge >= 0.3 is 0 Å². The van der Waals surface area contributed by atoms with Crippen LogP contribution in [0.1, 0.15) is 55.7 Å². The number of anilines is 1. The summed E-state index contributed by atoms with van der Waals surface area (Å²) in [5.74, 6) is 0.875. The number of rotatable bonds is 6. The van der Waals surface area contributed by atoms with Gasteiger partial charge in [0.05, 0.1) is 0 Å². The number of carbonyl (C=O) groups is 1. The largest absolute Gasteiger partial charge is 0.309 e. The summed E-state index contributed by atoms with van der Waals surface area (Å²) in [6.07, 6.45) is 3.18. The second-order valence-corrected chi connectivity index (χ2v) is 9.83. The molecule has 3 aromatic carbocycles. The van der Waals surface area contributed by atoms with E-state index in [4.69, 9.17) is 0 Å². The van der Waals surface area contributed by atoms with Crippen molar-refractivity contribution >= 4 is 11.6 Å². The van der Waals surface area contributed by atoms with Crippen molar-refractivity contribution in [2.75, 3.05) is 24.5 Å². The fourth-order valence-electron chi connectivity index (χ4n) is 5.92. The molecule has 0 aromatic heterocycles. The summed E-state index contributed by atoms with van der Waals surface area (Å²) < 4.78 is 0. The van der Waals surface area contributed by atoms with Crippen LogP contribution in [-0.4, -0.2) is 36.5 Å². The van der Waals surface area contributed by atoms with E-state index in [2.05, 4.69) is 97.6 Å². The molecule has 5 rings (SSSR count).